The van der Waals surface area contributed by atoms with Crippen LogP contribution in [0.4, 0.5) is 20.6 Å². The minimum atomic E-state index is -0.554. The van der Waals surface area contributed by atoms with Crippen LogP contribution in [0.2, 0.25) is 0 Å². The van der Waals surface area contributed by atoms with Gasteiger partial charge in [-0.3, -0.25) is 9.69 Å². The van der Waals surface area contributed by atoms with Gasteiger partial charge in [0, 0.05) is 6.54 Å². The van der Waals surface area contributed by atoms with Gasteiger partial charge in [0.1, 0.15) is 11.9 Å². The third-order valence-electron chi connectivity index (χ3n) is 5.44. The SMILES string of the molecule is CCOC(=S)NC[C@H]1CN(c2ccc(N3CC(=O)N(Cc4ccccc4)C3)c(F)c2)C(=O)O1. The molecule has 0 unspecified atom stereocenters. The lowest BCUT2D eigenvalue weighted by atomic mass is 10.2. The Balaban J connectivity index is 1.38. The molecule has 33 heavy (non-hydrogen) atoms. The second-order valence-electron chi connectivity index (χ2n) is 7.77. The fraction of sp³-hybridized carbons (Fsp3) is 0.348. The lowest BCUT2D eigenvalue weighted by Gasteiger charge is -2.21. The Bertz CT molecular complexity index is 1040. The number of carbonyl (C=O) groups excluding carboxylic acids is 2. The molecule has 0 aliphatic carbocycles. The van der Waals surface area contributed by atoms with Gasteiger partial charge in [0.05, 0.1) is 44.3 Å². The molecule has 2 fully saturated rings. The highest BCUT2D eigenvalue weighted by Crippen LogP contribution is 2.29. The van der Waals surface area contributed by atoms with Crippen molar-refractivity contribution in [3.05, 3.63) is 59.9 Å². The Kier molecular flexibility index (Phi) is 6.93. The summed E-state index contributed by atoms with van der Waals surface area (Å²) >= 11 is 5.01. The van der Waals surface area contributed by atoms with E-state index in [0.29, 0.717) is 37.7 Å². The van der Waals surface area contributed by atoms with Gasteiger partial charge in [-0.15, -0.1) is 0 Å². The van der Waals surface area contributed by atoms with Crippen LogP contribution in [-0.2, 0) is 20.8 Å². The summed E-state index contributed by atoms with van der Waals surface area (Å²) < 4.78 is 25.5. The monoisotopic (exact) mass is 472 g/mol. The maximum Gasteiger partial charge on any atom is 0.414 e. The van der Waals surface area contributed by atoms with Crippen LogP contribution in [0.25, 0.3) is 0 Å². The zero-order chi connectivity index (χ0) is 23.4. The van der Waals surface area contributed by atoms with E-state index in [1.165, 1.54) is 11.0 Å². The average molecular weight is 473 g/mol. The molecule has 2 aliphatic rings. The Morgan fingerprint density at radius 3 is 2.76 bits per heavy atom. The van der Waals surface area contributed by atoms with E-state index in [-0.39, 0.29) is 24.2 Å². The lowest BCUT2D eigenvalue weighted by molar-refractivity contribution is -0.127. The van der Waals surface area contributed by atoms with Crippen molar-refractivity contribution in [2.45, 2.75) is 19.6 Å². The largest absolute Gasteiger partial charge is 0.471 e. The molecular weight excluding hydrogens is 447 g/mol. The Morgan fingerprint density at radius 1 is 1.24 bits per heavy atom. The number of benzene rings is 2. The van der Waals surface area contributed by atoms with Crippen molar-refractivity contribution >= 4 is 40.8 Å². The number of cyclic esters (lactones) is 1. The van der Waals surface area contributed by atoms with Gasteiger partial charge in [-0.25, -0.2) is 9.18 Å². The molecule has 0 radical (unpaired) electrons. The molecule has 0 saturated carbocycles. The molecule has 2 aromatic carbocycles. The molecule has 4 rings (SSSR count). The molecule has 0 aromatic heterocycles. The van der Waals surface area contributed by atoms with Crippen LogP contribution in [-0.4, -0.2) is 61.1 Å². The number of thiocarbonyl (C=S) groups is 1. The van der Waals surface area contributed by atoms with Gasteiger partial charge in [0.25, 0.3) is 5.17 Å². The first-order chi connectivity index (χ1) is 15.9. The van der Waals surface area contributed by atoms with Crippen molar-refractivity contribution < 1.29 is 23.5 Å². The Hall–Kier alpha value is -3.40. The molecule has 174 valence electrons. The minimum absolute atomic E-state index is 0.0641. The summed E-state index contributed by atoms with van der Waals surface area (Å²) in [4.78, 5) is 29.5. The van der Waals surface area contributed by atoms with Crippen LogP contribution >= 0.6 is 12.2 Å². The van der Waals surface area contributed by atoms with Crippen LogP contribution in [0.3, 0.4) is 0 Å². The van der Waals surface area contributed by atoms with E-state index in [2.05, 4.69) is 5.32 Å². The second kappa shape index (κ2) is 10.0. The second-order valence-corrected chi connectivity index (χ2v) is 8.14. The third-order valence-corrected chi connectivity index (χ3v) is 5.71. The van der Waals surface area contributed by atoms with Crippen molar-refractivity contribution in [1.82, 2.24) is 10.2 Å². The maximum absolute atomic E-state index is 15.0. The number of rotatable bonds is 7. The van der Waals surface area contributed by atoms with Gasteiger partial charge >= 0.3 is 6.09 Å². The standard InChI is InChI=1S/C23H25FN4O4S/c1-2-31-22(33)25-11-18-13-28(23(30)32-18)17-8-9-20(19(24)10-17)26-14-21(29)27(15-26)12-16-6-4-3-5-7-16/h3-10,18H,2,11-15H2,1H3,(H,25,33)/t18-/m0/s1. The first-order valence-corrected chi connectivity index (χ1v) is 11.1. The number of carbonyl (C=O) groups is 2. The van der Waals surface area contributed by atoms with Crippen LogP contribution < -0.4 is 15.1 Å². The van der Waals surface area contributed by atoms with E-state index in [4.69, 9.17) is 21.7 Å². The molecular formula is C23H25FN4O4S. The van der Waals surface area contributed by atoms with Gasteiger partial charge in [-0.1, -0.05) is 30.3 Å². The zero-order valence-electron chi connectivity index (χ0n) is 18.2. The number of nitrogens with zero attached hydrogens (tertiary/aromatic N) is 3. The van der Waals surface area contributed by atoms with E-state index in [9.17, 15) is 9.59 Å². The van der Waals surface area contributed by atoms with E-state index in [0.717, 1.165) is 5.56 Å². The number of nitrogens with one attached hydrogen (secondary N) is 1. The summed E-state index contributed by atoms with van der Waals surface area (Å²) in [7, 11) is 0. The number of anilines is 2. The summed E-state index contributed by atoms with van der Waals surface area (Å²) in [5, 5.41) is 3.13. The quantitative estimate of drug-likeness (QED) is 0.621. The average Bonchev–Trinajstić information content (AvgIpc) is 3.35. The summed E-state index contributed by atoms with van der Waals surface area (Å²) in [6.45, 7) is 3.69. The molecule has 2 heterocycles. The molecule has 2 saturated heterocycles. The predicted octanol–water partition coefficient (Wildman–Crippen LogP) is 2.87. The topological polar surface area (TPSA) is 74.4 Å². The highest BCUT2D eigenvalue weighted by atomic mass is 32.1. The summed E-state index contributed by atoms with van der Waals surface area (Å²) in [6.07, 6.45) is -0.997. The zero-order valence-corrected chi connectivity index (χ0v) is 19.0. The Labute approximate surface area is 196 Å². The van der Waals surface area contributed by atoms with Gasteiger partial charge < -0.3 is 24.6 Å². The van der Waals surface area contributed by atoms with Crippen molar-refractivity contribution in [2.75, 3.05) is 42.7 Å². The van der Waals surface area contributed by atoms with E-state index < -0.39 is 18.0 Å². The molecule has 2 aliphatic heterocycles. The van der Waals surface area contributed by atoms with Crippen LogP contribution in [0, 0.1) is 5.82 Å². The molecule has 1 atom stereocenters. The lowest BCUT2D eigenvalue weighted by Crippen LogP contribution is -2.34. The van der Waals surface area contributed by atoms with Gasteiger partial charge in [0.15, 0.2) is 0 Å². The van der Waals surface area contributed by atoms with Gasteiger partial charge in [0.2, 0.25) is 5.91 Å². The fourth-order valence-corrected chi connectivity index (χ4v) is 4.04. The number of halogens is 1. The molecule has 10 heteroatoms. The number of hydrogen-bond acceptors (Lipinski definition) is 6. The summed E-state index contributed by atoms with van der Waals surface area (Å²) in [6, 6.07) is 14.2. The number of amides is 2. The van der Waals surface area contributed by atoms with Crippen LogP contribution in [0.15, 0.2) is 48.5 Å². The predicted molar refractivity (Wildman–Crippen MR) is 125 cm³/mol. The Morgan fingerprint density at radius 2 is 2.03 bits per heavy atom. The van der Waals surface area contributed by atoms with Gasteiger partial charge in [-0.2, -0.15) is 0 Å². The molecule has 8 nitrogen and oxygen atoms in total. The van der Waals surface area contributed by atoms with Crippen molar-refractivity contribution in [1.29, 1.82) is 0 Å². The first kappa shape index (κ1) is 22.8. The van der Waals surface area contributed by atoms with Crippen molar-refractivity contribution in [3.8, 4) is 0 Å². The summed E-state index contributed by atoms with van der Waals surface area (Å²) in [5.74, 6) is -0.570. The number of hydrogen-bond donors (Lipinski definition) is 1. The highest BCUT2D eigenvalue weighted by molar-refractivity contribution is 7.80. The van der Waals surface area contributed by atoms with E-state index in [1.807, 2.05) is 37.3 Å². The third kappa shape index (κ3) is 5.33. The minimum Gasteiger partial charge on any atom is -0.471 e. The normalized spacial score (nSPS) is 18.0. The van der Waals surface area contributed by atoms with Crippen molar-refractivity contribution in [3.63, 3.8) is 0 Å². The molecule has 0 bridgehead atoms. The fourth-order valence-electron chi connectivity index (χ4n) is 3.84. The maximum atomic E-state index is 15.0. The molecule has 1 N–H and O–H groups in total. The first-order valence-electron chi connectivity index (χ1n) is 10.7. The number of ether oxygens (including phenoxy) is 2. The van der Waals surface area contributed by atoms with Crippen molar-refractivity contribution in [2.24, 2.45) is 0 Å². The molecule has 2 amide bonds. The smallest absolute Gasteiger partial charge is 0.414 e. The molecule has 2 aromatic rings. The van der Waals surface area contributed by atoms with E-state index in [1.54, 1.807) is 21.9 Å². The highest BCUT2D eigenvalue weighted by Gasteiger charge is 2.34. The van der Waals surface area contributed by atoms with Crippen LogP contribution in [0.5, 0.6) is 0 Å². The molecule has 0 spiro atoms. The van der Waals surface area contributed by atoms with Gasteiger partial charge in [-0.05, 0) is 42.9 Å². The van der Waals surface area contributed by atoms with E-state index >= 15 is 4.39 Å². The van der Waals surface area contributed by atoms with Crippen LogP contribution in [0.1, 0.15) is 12.5 Å². The summed E-state index contributed by atoms with van der Waals surface area (Å²) in [5.41, 5.74) is 1.72.